The molecule has 0 saturated carbocycles. The summed E-state index contributed by atoms with van der Waals surface area (Å²) in [7, 11) is 0.965. The molecule has 1 aromatic rings. The van der Waals surface area contributed by atoms with E-state index in [1.54, 1.807) is 13.8 Å². The summed E-state index contributed by atoms with van der Waals surface area (Å²) < 4.78 is 29.9. The van der Waals surface area contributed by atoms with E-state index in [0.717, 1.165) is 7.11 Å². The predicted octanol–water partition coefficient (Wildman–Crippen LogP) is 3.33. The molecule has 1 heterocycles. The number of benzene rings is 1. The SMILES string of the molecule is COC(=O)c1c([N+](=O)[O-])cc(N2C(=O)OC(=C(C)C)C2=O)c(F)c1OCC(C)C. The van der Waals surface area contributed by atoms with Gasteiger partial charge in [0.1, 0.15) is 5.69 Å². The van der Waals surface area contributed by atoms with Gasteiger partial charge in [-0.25, -0.2) is 18.9 Å². The van der Waals surface area contributed by atoms with E-state index in [1.807, 2.05) is 0 Å². The highest BCUT2D eigenvalue weighted by Crippen LogP contribution is 2.41. The van der Waals surface area contributed by atoms with Crippen LogP contribution in [0.1, 0.15) is 38.1 Å². The maximum atomic E-state index is 15.3. The first-order chi connectivity index (χ1) is 13.5. The summed E-state index contributed by atoms with van der Waals surface area (Å²) in [4.78, 5) is 47.7. The minimum Gasteiger partial charge on any atom is -0.489 e. The first kappa shape index (κ1) is 21.8. The van der Waals surface area contributed by atoms with Crippen LogP contribution in [0.15, 0.2) is 17.4 Å². The Labute approximate surface area is 165 Å². The molecular formula is C18H19FN2O8. The van der Waals surface area contributed by atoms with Gasteiger partial charge in [0.25, 0.3) is 5.69 Å². The Hall–Kier alpha value is -3.50. The number of hydrogen-bond donors (Lipinski definition) is 0. The van der Waals surface area contributed by atoms with E-state index < -0.39 is 51.4 Å². The summed E-state index contributed by atoms with van der Waals surface area (Å²) >= 11 is 0. The van der Waals surface area contributed by atoms with E-state index >= 15 is 4.39 Å². The van der Waals surface area contributed by atoms with Gasteiger partial charge < -0.3 is 14.2 Å². The van der Waals surface area contributed by atoms with Gasteiger partial charge in [-0.1, -0.05) is 13.8 Å². The van der Waals surface area contributed by atoms with Gasteiger partial charge in [0, 0.05) is 6.07 Å². The van der Waals surface area contributed by atoms with E-state index in [4.69, 9.17) is 9.47 Å². The normalized spacial score (nSPS) is 13.6. The maximum Gasteiger partial charge on any atom is 0.427 e. The van der Waals surface area contributed by atoms with Gasteiger partial charge in [-0.3, -0.25) is 14.9 Å². The second kappa shape index (κ2) is 8.25. The Balaban J connectivity index is 2.79. The van der Waals surface area contributed by atoms with E-state index in [-0.39, 0.29) is 18.3 Å². The Morgan fingerprint density at radius 2 is 1.97 bits per heavy atom. The van der Waals surface area contributed by atoms with Crippen LogP contribution in [0, 0.1) is 21.8 Å². The number of anilines is 1. The summed E-state index contributed by atoms with van der Waals surface area (Å²) in [5.74, 6) is -4.75. The third-order valence-corrected chi connectivity index (χ3v) is 3.79. The summed E-state index contributed by atoms with van der Waals surface area (Å²) in [6.07, 6.45) is -1.24. The van der Waals surface area contributed by atoms with Crippen molar-refractivity contribution in [2.45, 2.75) is 27.7 Å². The number of carbonyl (C=O) groups is 3. The molecule has 2 rings (SSSR count). The van der Waals surface area contributed by atoms with E-state index in [9.17, 15) is 24.5 Å². The molecule has 0 unspecified atom stereocenters. The van der Waals surface area contributed by atoms with Crippen LogP contribution in [0.3, 0.4) is 0 Å². The number of allylic oxidation sites excluding steroid dienone is 1. The smallest absolute Gasteiger partial charge is 0.427 e. The number of imide groups is 1. The van der Waals surface area contributed by atoms with E-state index in [0.29, 0.717) is 16.5 Å². The zero-order chi connectivity index (χ0) is 22.0. The lowest BCUT2D eigenvalue weighted by atomic mass is 10.1. The van der Waals surface area contributed by atoms with Crippen LogP contribution in [0.4, 0.5) is 20.6 Å². The van der Waals surface area contributed by atoms with Crippen molar-refractivity contribution < 1.29 is 37.9 Å². The number of amides is 2. The van der Waals surface area contributed by atoms with E-state index in [2.05, 4.69) is 4.74 Å². The lowest BCUT2D eigenvalue weighted by Crippen LogP contribution is -2.30. The minimum absolute atomic E-state index is 0.0981. The van der Waals surface area contributed by atoms with Crippen molar-refractivity contribution in [1.82, 2.24) is 0 Å². The number of ether oxygens (including phenoxy) is 3. The molecule has 1 aliphatic heterocycles. The van der Waals surface area contributed by atoms with Gasteiger partial charge in [-0.15, -0.1) is 0 Å². The number of nitrogens with zero attached hydrogens (tertiary/aromatic N) is 2. The third kappa shape index (κ3) is 4.03. The number of nitro benzene ring substituents is 1. The van der Waals surface area contributed by atoms with Crippen molar-refractivity contribution in [2.75, 3.05) is 18.6 Å². The van der Waals surface area contributed by atoms with Crippen molar-refractivity contribution in [1.29, 1.82) is 0 Å². The summed E-state index contributed by atoms with van der Waals surface area (Å²) in [5, 5.41) is 11.5. The number of halogens is 1. The monoisotopic (exact) mass is 410 g/mol. The number of nitro groups is 1. The molecule has 0 N–H and O–H groups in total. The van der Waals surface area contributed by atoms with Crippen molar-refractivity contribution in [3.8, 4) is 5.75 Å². The van der Waals surface area contributed by atoms with Gasteiger partial charge >= 0.3 is 18.0 Å². The number of rotatable bonds is 6. The Kier molecular flexibility index (Phi) is 6.20. The molecule has 10 nitrogen and oxygen atoms in total. The highest BCUT2D eigenvalue weighted by Gasteiger charge is 2.43. The first-order valence-electron chi connectivity index (χ1n) is 8.46. The second-order valence-electron chi connectivity index (χ2n) is 6.72. The molecule has 1 saturated heterocycles. The molecule has 1 fully saturated rings. The van der Waals surface area contributed by atoms with Gasteiger partial charge in [-0.05, 0) is 25.3 Å². The highest BCUT2D eigenvalue weighted by atomic mass is 19.1. The van der Waals surface area contributed by atoms with Crippen LogP contribution in [-0.4, -0.2) is 36.6 Å². The fraction of sp³-hybridized carbons (Fsp3) is 0.389. The van der Waals surface area contributed by atoms with Gasteiger partial charge in [-0.2, -0.15) is 0 Å². The zero-order valence-corrected chi connectivity index (χ0v) is 16.4. The third-order valence-electron chi connectivity index (χ3n) is 3.79. The summed E-state index contributed by atoms with van der Waals surface area (Å²) in [5.41, 5.74) is -2.07. The molecule has 29 heavy (non-hydrogen) atoms. The van der Waals surface area contributed by atoms with Crippen LogP contribution in [-0.2, 0) is 14.3 Å². The quantitative estimate of drug-likeness (QED) is 0.303. The summed E-state index contributed by atoms with van der Waals surface area (Å²) in [6, 6.07) is 0.594. The standard InChI is InChI=1S/C18H19FN2O8/c1-8(2)7-28-15-12(17(23)27-5)10(21(25)26)6-11(13(15)19)20-16(22)14(9(3)4)29-18(20)24/h6,8H,7H2,1-5H3. The van der Waals surface area contributed by atoms with Crippen LogP contribution in [0.25, 0.3) is 0 Å². The number of methoxy groups -OCH3 is 1. The molecule has 11 heteroatoms. The lowest BCUT2D eigenvalue weighted by molar-refractivity contribution is -0.385. The second-order valence-corrected chi connectivity index (χ2v) is 6.72. The molecular weight excluding hydrogens is 391 g/mol. The van der Waals surface area contributed by atoms with Gasteiger partial charge in [0.15, 0.2) is 22.9 Å². The van der Waals surface area contributed by atoms with Crippen LogP contribution in [0.2, 0.25) is 0 Å². The van der Waals surface area contributed by atoms with Crippen molar-refractivity contribution in [3.63, 3.8) is 0 Å². The minimum atomic E-state index is -1.31. The van der Waals surface area contributed by atoms with Crippen LogP contribution >= 0.6 is 0 Å². The number of hydrogen-bond acceptors (Lipinski definition) is 8. The zero-order valence-electron chi connectivity index (χ0n) is 16.4. The lowest BCUT2D eigenvalue weighted by Gasteiger charge is -2.18. The highest BCUT2D eigenvalue weighted by molar-refractivity contribution is 6.24. The fourth-order valence-corrected chi connectivity index (χ4v) is 2.48. The van der Waals surface area contributed by atoms with Gasteiger partial charge in [0.05, 0.1) is 18.6 Å². The largest absolute Gasteiger partial charge is 0.489 e. The Morgan fingerprint density at radius 1 is 1.34 bits per heavy atom. The van der Waals surface area contributed by atoms with Gasteiger partial charge in [0.2, 0.25) is 0 Å². The molecule has 1 aromatic carbocycles. The first-order valence-corrected chi connectivity index (χ1v) is 8.46. The molecule has 0 radical (unpaired) electrons. The molecule has 0 aromatic heterocycles. The summed E-state index contributed by atoms with van der Waals surface area (Å²) in [6.45, 7) is 6.37. The molecule has 0 bridgehead atoms. The average Bonchev–Trinajstić information content (AvgIpc) is 2.94. The predicted molar refractivity (Wildman–Crippen MR) is 97.1 cm³/mol. The maximum absolute atomic E-state index is 15.3. The molecule has 0 aliphatic carbocycles. The van der Waals surface area contributed by atoms with Crippen molar-refractivity contribution >= 4 is 29.3 Å². The van der Waals surface area contributed by atoms with Crippen molar-refractivity contribution in [3.05, 3.63) is 38.9 Å². The number of cyclic esters (lactones) is 1. The topological polar surface area (TPSA) is 125 Å². The molecule has 1 aliphatic rings. The fourth-order valence-electron chi connectivity index (χ4n) is 2.48. The van der Waals surface area contributed by atoms with Crippen LogP contribution in [0.5, 0.6) is 5.75 Å². The number of carbonyl (C=O) groups excluding carboxylic acids is 3. The average molecular weight is 410 g/mol. The Bertz CT molecular complexity index is 934. The van der Waals surface area contributed by atoms with E-state index in [1.165, 1.54) is 13.8 Å². The molecule has 0 atom stereocenters. The van der Waals surface area contributed by atoms with Crippen LogP contribution < -0.4 is 9.64 Å². The number of esters is 1. The van der Waals surface area contributed by atoms with Crippen molar-refractivity contribution in [2.24, 2.45) is 5.92 Å². The molecule has 2 amide bonds. The Morgan fingerprint density at radius 3 is 2.41 bits per heavy atom. The molecule has 156 valence electrons. The molecule has 0 spiro atoms.